The van der Waals surface area contributed by atoms with Crippen molar-refractivity contribution in [3.63, 3.8) is 0 Å². The molecule has 8 nitrogen and oxygen atoms in total. The molecule has 0 heterocycles. The Morgan fingerprint density at radius 3 is 1.22 bits per heavy atom. The van der Waals surface area contributed by atoms with Crippen molar-refractivity contribution in [2.24, 2.45) is 0 Å². The number of hydrogen-bond acceptors (Lipinski definition) is 5. The van der Waals surface area contributed by atoms with E-state index in [1.54, 1.807) is 57.2 Å². The van der Waals surface area contributed by atoms with Gasteiger partial charge in [-0.3, -0.25) is 14.4 Å². The first kappa shape index (κ1) is 36.6. The van der Waals surface area contributed by atoms with Crippen molar-refractivity contribution < 1.29 is 23.9 Å². The summed E-state index contributed by atoms with van der Waals surface area (Å²) in [6.07, 6.45) is 0. The molecule has 4 aromatic rings. The topological polar surface area (TPSA) is 87.2 Å². The molecule has 0 fully saturated rings. The van der Waals surface area contributed by atoms with E-state index in [0.717, 1.165) is 16.7 Å². The molecule has 0 aliphatic rings. The lowest BCUT2D eigenvalue weighted by molar-refractivity contribution is 0.00690. The molecular weight excluding hydrogens is 614 g/mol. The molecule has 0 spiro atoms. The van der Waals surface area contributed by atoms with Crippen molar-refractivity contribution in [1.29, 1.82) is 0 Å². The monoisotopic (exact) mass is 661 g/mol. The average molecular weight is 662 g/mol. The maximum absolute atomic E-state index is 13.7. The van der Waals surface area contributed by atoms with Gasteiger partial charge in [0.2, 0.25) is 0 Å². The van der Waals surface area contributed by atoms with Crippen LogP contribution in [0.3, 0.4) is 0 Å². The number of benzene rings is 4. The molecule has 0 bridgehead atoms. The van der Waals surface area contributed by atoms with Crippen LogP contribution in [-0.2, 0) is 24.4 Å². The zero-order valence-electron chi connectivity index (χ0n) is 29.4. The molecule has 0 aliphatic carbocycles. The minimum Gasteiger partial charge on any atom is -0.456 e. The van der Waals surface area contributed by atoms with Crippen LogP contribution in [0.25, 0.3) is 0 Å². The molecule has 0 unspecified atom stereocenters. The summed E-state index contributed by atoms with van der Waals surface area (Å²) in [7, 11) is 0. The standard InChI is InChI=1S/C41H47N3O5/c1-7-42(37(45)33-19-11-10-12-20-33)27-30-16-13-21-34(24-30)38(46)43(8-2)28-31-17-14-22-35(25-31)39(47)44(9-3)29-32-18-15-23-36(26-32)40(48)49-41(4,5)6/h10-26H,7-9,27-29H2,1-6H3. The first-order valence-corrected chi connectivity index (χ1v) is 16.8. The van der Waals surface area contributed by atoms with E-state index in [1.807, 2.05) is 102 Å². The predicted octanol–water partition coefficient (Wildman–Crippen LogP) is 7.63. The lowest BCUT2D eigenvalue weighted by atomic mass is 10.1. The van der Waals surface area contributed by atoms with Crippen molar-refractivity contribution in [3.8, 4) is 0 Å². The maximum atomic E-state index is 13.7. The molecule has 0 saturated heterocycles. The number of hydrogen-bond donors (Lipinski definition) is 0. The van der Waals surface area contributed by atoms with Gasteiger partial charge in [-0.2, -0.15) is 0 Å². The Bertz CT molecular complexity index is 1760. The van der Waals surface area contributed by atoms with Crippen LogP contribution in [0.2, 0.25) is 0 Å². The summed E-state index contributed by atoms with van der Waals surface area (Å²) in [4.78, 5) is 58.3. The average Bonchev–Trinajstić information content (AvgIpc) is 3.11. The van der Waals surface area contributed by atoms with E-state index in [2.05, 4.69) is 0 Å². The number of carbonyl (C=O) groups excluding carboxylic acids is 4. The number of amides is 3. The number of nitrogens with zero attached hydrogens (tertiary/aromatic N) is 3. The highest BCUT2D eigenvalue weighted by Crippen LogP contribution is 2.19. The van der Waals surface area contributed by atoms with E-state index in [0.29, 0.717) is 61.5 Å². The van der Waals surface area contributed by atoms with Crippen LogP contribution in [0.5, 0.6) is 0 Å². The number of esters is 1. The third kappa shape index (κ3) is 10.1. The Morgan fingerprint density at radius 1 is 0.490 bits per heavy atom. The molecule has 4 aromatic carbocycles. The molecule has 0 saturated carbocycles. The van der Waals surface area contributed by atoms with Crippen molar-refractivity contribution in [2.75, 3.05) is 19.6 Å². The van der Waals surface area contributed by atoms with Gasteiger partial charge in [0.15, 0.2) is 0 Å². The highest BCUT2D eigenvalue weighted by molar-refractivity contribution is 5.96. The fourth-order valence-electron chi connectivity index (χ4n) is 5.51. The highest BCUT2D eigenvalue weighted by atomic mass is 16.6. The minimum atomic E-state index is -0.605. The first-order valence-electron chi connectivity index (χ1n) is 16.8. The molecule has 8 heteroatoms. The Balaban J connectivity index is 1.44. The SMILES string of the molecule is CCN(Cc1cccc(C(=O)N(CC)Cc2cccc(C(=O)N(CC)Cc3cccc(C(=O)OC(C)(C)C)c3)c2)c1)C(=O)c1ccccc1. The van der Waals surface area contributed by atoms with Crippen molar-refractivity contribution in [2.45, 2.75) is 66.8 Å². The Morgan fingerprint density at radius 2 is 0.837 bits per heavy atom. The lowest BCUT2D eigenvalue weighted by Gasteiger charge is -2.24. The van der Waals surface area contributed by atoms with Crippen LogP contribution < -0.4 is 0 Å². The van der Waals surface area contributed by atoms with Crippen molar-refractivity contribution >= 4 is 23.7 Å². The summed E-state index contributed by atoms with van der Waals surface area (Å²) in [5, 5.41) is 0. The van der Waals surface area contributed by atoms with Crippen LogP contribution in [-0.4, -0.2) is 63.6 Å². The van der Waals surface area contributed by atoms with E-state index in [4.69, 9.17) is 4.74 Å². The maximum Gasteiger partial charge on any atom is 0.338 e. The van der Waals surface area contributed by atoms with Gasteiger partial charge in [0.05, 0.1) is 5.56 Å². The second kappa shape index (κ2) is 16.7. The second-order valence-corrected chi connectivity index (χ2v) is 12.9. The molecule has 0 N–H and O–H groups in total. The Kier molecular flexibility index (Phi) is 12.5. The zero-order chi connectivity index (χ0) is 35.6. The van der Waals surface area contributed by atoms with Gasteiger partial charge < -0.3 is 19.4 Å². The van der Waals surface area contributed by atoms with E-state index in [9.17, 15) is 19.2 Å². The van der Waals surface area contributed by atoms with E-state index in [-0.39, 0.29) is 17.7 Å². The highest BCUT2D eigenvalue weighted by Gasteiger charge is 2.21. The van der Waals surface area contributed by atoms with Gasteiger partial charge in [-0.15, -0.1) is 0 Å². The predicted molar refractivity (Wildman–Crippen MR) is 192 cm³/mol. The molecule has 49 heavy (non-hydrogen) atoms. The van der Waals surface area contributed by atoms with Gasteiger partial charge in [0.1, 0.15) is 5.60 Å². The van der Waals surface area contributed by atoms with Crippen LogP contribution in [0.4, 0.5) is 0 Å². The van der Waals surface area contributed by atoms with Crippen LogP contribution in [0, 0.1) is 0 Å². The Hall–Kier alpha value is -5.24. The lowest BCUT2D eigenvalue weighted by Crippen LogP contribution is -2.32. The molecule has 3 amide bonds. The van der Waals surface area contributed by atoms with Crippen molar-refractivity contribution in [1.82, 2.24) is 14.7 Å². The summed E-state index contributed by atoms with van der Waals surface area (Å²) < 4.78 is 5.51. The fourth-order valence-corrected chi connectivity index (χ4v) is 5.51. The summed E-state index contributed by atoms with van der Waals surface area (Å²) in [5.74, 6) is -0.724. The van der Waals surface area contributed by atoms with Gasteiger partial charge in [0.25, 0.3) is 17.7 Å². The molecule has 0 aliphatic heterocycles. The third-order valence-corrected chi connectivity index (χ3v) is 8.06. The molecule has 0 atom stereocenters. The molecule has 4 rings (SSSR count). The van der Waals surface area contributed by atoms with Gasteiger partial charge in [-0.1, -0.05) is 54.6 Å². The van der Waals surface area contributed by atoms with E-state index < -0.39 is 11.6 Å². The molecule has 0 radical (unpaired) electrons. The third-order valence-electron chi connectivity index (χ3n) is 8.06. The van der Waals surface area contributed by atoms with Crippen LogP contribution in [0.1, 0.15) is 99.7 Å². The second-order valence-electron chi connectivity index (χ2n) is 12.9. The number of carbonyl (C=O) groups is 4. The quantitative estimate of drug-likeness (QED) is 0.138. The summed E-state index contributed by atoms with van der Waals surface area (Å²) in [5.41, 5.74) is 4.07. The van der Waals surface area contributed by atoms with E-state index >= 15 is 0 Å². The summed E-state index contributed by atoms with van der Waals surface area (Å²) in [6.45, 7) is 13.8. The number of rotatable bonds is 13. The van der Waals surface area contributed by atoms with Gasteiger partial charge in [-0.05, 0) is 107 Å². The van der Waals surface area contributed by atoms with Crippen LogP contribution in [0.15, 0.2) is 103 Å². The molecule has 0 aromatic heterocycles. The normalized spacial score (nSPS) is 11.1. The molecule has 256 valence electrons. The summed E-state index contributed by atoms with van der Waals surface area (Å²) >= 11 is 0. The summed E-state index contributed by atoms with van der Waals surface area (Å²) in [6, 6.07) is 31.1. The smallest absolute Gasteiger partial charge is 0.338 e. The largest absolute Gasteiger partial charge is 0.456 e. The van der Waals surface area contributed by atoms with Crippen molar-refractivity contribution in [3.05, 3.63) is 142 Å². The van der Waals surface area contributed by atoms with Gasteiger partial charge in [-0.25, -0.2) is 4.79 Å². The fraction of sp³-hybridized carbons (Fsp3) is 0.317. The van der Waals surface area contributed by atoms with E-state index in [1.165, 1.54) is 0 Å². The van der Waals surface area contributed by atoms with Gasteiger partial charge in [0, 0.05) is 56.0 Å². The first-order chi connectivity index (χ1) is 23.4. The van der Waals surface area contributed by atoms with Gasteiger partial charge >= 0.3 is 5.97 Å². The van der Waals surface area contributed by atoms with Crippen LogP contribution >= 0.6 is 0 Å². The number of ether oxygens (including phenoxy) is 1. The Labute approximate surface area is 290 Å². The molecular formula is C41H47N3O5. The minimum absolute atomic E-state index is 0.0552. The zero-order valence-corrected chi connectivity index (χ0v) is 29.4.